The van der Waals surface area contributed by atoms with E-state index >= 15 is 0 Å². The van der Waals surface area contributed by atoms with Gasteiger partial charge in [-0.2, -0.15) is 0 Å². The first-order chi connectivity index (χ1) is 10.1. The normalized spacial score (nSPS) is 10.8. The van der Waals surface area contributed by atoms with Crippen LogP contribution in [0.25, 0.3) is 11.0 Å². The van der Waals surface area contributed by atoms with Crippen LogP contribution in [-0.2, 0) is 18.3 Å². The highest BCUT2D eigenvalue weighted by atomic mass is 16.1. The highest BCUT2D eigenvalue weighted by Crippen LogP contribution is 2.18. The van der Waals surface area contributed by atoms with E-state index in [1.165, 1.54) is 0 Å². The minimum atomic E-state index is -0.0143. The van der Waals surface area contributed by atoms with E-state index < -0.39 is 0 Å². The molecule has 0 aliphatic heterocycles. The molecule has 2 aromatic carbocycles. The van der Waals surface area contributed by atoms with Crippen LogP contribution in [-0.4, -0.2) is 15.5 Å². The number of amides is 1. The first-order valence-electron chi connectivity index (χ1n) is 6.89. The van der Waals surface area contributed by atoms with Crippen molar-refractivity contribution in [2.75, 3.05) is 5.32 Å². The molecule has 0 radical (unpaired) electrons. The molecule has 0 unspecified atom stereocenters. The molecular weight excluding hydrogens is 262 g/mol. The minimum Gasteiger partial charge on any atom is -0.334 e. The molecule has 0 saturated carbocycles. The van der Waals surface area contributed by atoms with Crippen molar-refractivity contribution >= 4 is 22.6 Å². The standard InChI is InChI=1S/C17H17N3O/c1-12-5-3-4-6-13(12)9-17(21)19-14-7-8-16-15(10-14)18-11-20(16)2/h3-8,10-11H,9H2,1-2H3,(H,19,21). The second-order valence-corrected chi connectivity index (χ2v) is 5.21. The van der Waals surface area contributed by atoms with Gasteiger partial charge in [0.1, 0.15) is 0 Å². The van der Waals surface area contributed by atoms with Gasteiger partial charge in [0.2, 0.25) is 5.91 Å². The summed E-state index contributed by atoms with van der Waals surface area (Å²) in [5, 5.41) is 2.93. The third-order valence-electron chi connectivity index (χ3n) is 3.62. The molecule has 1 aromatic heterocycles. The number of fused-ring (bicyclic) bond motifs is 1. The van der Waals surface area contributed by atoms with Gasteiger partial charge in [0.25, 0.3) is 0 Å². The highest BCUT2D eigenvalue weighted by Gasteiger charge is 2.07. The molecule has 0 fully saturated rings. The lowest BCUT2D eigenvalue weighted by Gasteiger charge is -2.07. The fourth-order valence-electron chi connectivity index (χ4n) is 2.40. The number of imidazole rings is 1. The Morgan fingerprint density at radius 2 is 2.05 bits per heavy atom. The Balaban J connectivity index is 1.75. The number of anilines is 1. The summed E-state index contributed by atoms with van der Waals surface area (Å²) in [7, 11) is 1.95. The molecule has 0 aliphatic rings. The Hall–Kier alpha value is -2.62. The highest BCUT2D eigenvalue weighted by molar-refractivity contribution is 5.94. The lowest BCUT2D eigenvalue weighted by atomic mass is 10.1. The lowest BCUT2D eigenvalue weighted by Crippen LogP contribution is -2.14. The first-order valence-corrected chi connectivity index (χ1v) is 6.89. The van der Waals surface area contributed by atoms with Crippen molar-refractivity contribution in [1.82, 2.24) is 9.55 Å². The van der Waals surface area contributed by atoms with E-state index in [0.717, 1.165) is 27.8 Å². The van der Waals surface area contributed by atoms with Gasteiger partial charge in [-0.1, -0.05) is 24.3 Å². The van der Waals surface area contributed by atoms with E-state index in [0.29, 0.717) is 6.42 Å². The summed E-state index contributed by atoms with van der Waals surface area (Å²) in [6.07, 6.45) is 2.15. The predicted molar refractivity (Wildman–Crippen MR) is 84.2 cm³/mol. The summed E-state index contributed by atoms with van der Waals surface area (Å²) >= 11 is 0. The van der Waals surface area contributed by atoms with Gasteiger partial charge in [0.05, 0.1) is 23.8 Å². The second-order valence-electron chi connectivity index (χ2n) is 5.21. The third kappa shape index (κ3) is 2.79. The van der Waals surface area contributed by atoms with Crippen molar-refractivity contribution in [2.45, 2.75) is 13.3 Å². The third-order valence-corrected chi connectivity index (χ3v) is 3.62. The maximum atomic E-state index is 12.1. The van der Waals surface area contributed by atoms with Crippen LogP contribution in [0.1, 0.15) is 11.1 Å². The molecule has 4 nitrogen and oxygen atoms in total. The van der Waals surface area contributed by atoms with Crippen molar-refractivity contribution in [3.63, 3.8) is 0 Å². The number of carbonyl (C=O) groups excluding carboxylic acids is 1. The molecule has 4 heteroatoms. The van der Waals surface area contributed by atoms with Gasteiger partial charge in [0.15, 0.2) is 0 Å². The molecule has 3 rings (SSSR count). The first kappa shape index (κ1) is 13.4. The Bertz CT molecular complexity index is 805. The topological polar surface area (TPSA) is 46.9 Å². The zero-order valence-electron chi connectivity index (χ0n) is 12.1. The molecular formula is C17H17N3O. The minimum absolute atomic E-state index is 0.0143. The van der Waals surface area contributed by atoms with Crippen LogP contribution in [0, 0.1) is 6.92 Å². The number of nitrogens with one attached hydrogen (secondary N) is 1. The quantitative estimate of drug-likeness (QED) is 0.801. The number of hydrogen-bond donors (Lipinski definition) is 1. The number of rotatable bonds is 3. The van der Waals surface area contributed by atoms with Crippen LogP contribution in [0.3, 0.4) is 0 Å². The predicted octanol–water partition coefficient (Wildman–Crippen LogP) is 3.06. The molecule has 0 spiro atoms. The largest absolute Gasteiger partial charge is 0.334 e. The fraction of sp³-hybridized carbons (Fsp3) is 0.176. The SMILES string of the molecule is Cc1ccccc1CC(=O)Nc1ccc2c(c1)ncn2C. The molecule has 21 heavy (non-hydrogen) atoms. The summed E-state index contributed by atoms with van der Waals surface area (Å²) < 4.78 is 1.95. The van der Waals surface area contributed by atoms with Crippen molar-refractivity contribution in [2.24, 2.45) is 7.05 Å². The average Bonchev–Trinajstić information content (AvgIpc) is 2.82. The number of carbonyl (C=O) groups is 1. The van der Waals surface area contributed by atoms with Gasteiger partial charge in [-0.25, -0.2) is 4.98 Å². The van der Waals surface area contributed by atoms with Crippen molar-refractivity contribution in [3.05, 3.63) is 59.9 Å². The summed E-state index contributed by atoms with van der Waals surface area (Å²) in [6.45, 7) is 2.02. The van der Waals surface area contributed by atoms with Crippen LogP contribution < -0.4 is 5.32 Å². The van der Waals surface area contributed by atoms with Gasteiger partial charge in [-0.15, -0.1) is 0 Å². The molecule has 1 amide bonds. The molecule has 0 bridgehead atoms. The molecule has 0 saturated heterocycles. The van der Waals surface area contributed by atoms with Gasteiger partial charge in [-0.05, 0) is 36.2 Å². The van der Waals surface area contributed by atoms with Crippen LogP contribution in [0.15, 0.2) is 48.8 Å². The Morgan fingerprint density at radius 1 is 1.24 bits per heavy atom. The number of aromatic nitrogens is 2. The number of aryl methyl sites for hydroxylation is 2. The summed E-state index contributed by atoms with van der Waals surface area (Å²) in [6, 6.07) is 13.7. The van der Waals surface area contributed by atoms with Crippen molar-refractivity contribution in [3.8, 4) is 0 Å². The summed E-state index contributed by atoms with van der Waals surface area (Å²) in [4.78, 5) is 16.4. The van der Waals surface area contributed by atoms with Gasteiger partial charge >= 0.3 is 0 Å². The van der Waals surface area contributed by atoms with Crippen molar-refractivity contribution in [1.29, 1.82) is 0 Å². The molecule has 1 heterocycles. The molecule has 3 aromatic rings. The average molecular weight is 279 g/mol. The van der Waals surface area contributed by atoms with E-state index in [2.05, 4.69) is 10.3 Å². The lowest BCUT2D eigenvalue weighted by molar-refractivity contribution is -0.115. The molecule has 1 N–H and O–H groups in total. The van der Waals surface area contributed by atoms with Gasteiger partial charge in [-0.3, -0.25) is 4.79 Å². The molecule has 0 aliphatic carbocycles. The molecule has 0 atom stereocenters. The zero-order chi connectivity index (χ0) is 14.8. The monoisotopic (exact) mass is 279 g/mol. The van der Waals surface area contributed by atoms with E-state index in [1.54, 1.807) is 6.33 Å². The maximum Gasteiger partial charge on any atom is 0.228 e. The fourth-order valence-corrected chi connectivity index (χ4v) is 2.40. The van der Waals surface area contributed by atoms with Crippen LogP contribution in [0.4, 0.5) is 5.69 Å². The van der Waals surface area contributed by atoms with E-state index in [9.17, 15) is 4.79 Å². The maximum absolute atomic E-state index is 12.1. The number of hydrogen-bond acceptors (Lipinski definition) is 2. The van der Waals surface area contributed by atoms with Crippen LogP contribution in [0.5, 0.6) is 0 Å². The van der Waals surface area contributed by atoms with E-state index in [4.69, 9.17) is 0 Å². The smallest absolute Gasteiger partial charge is 0.228 e. The Labute approximate surface area is 123 Å². The Kier molecular flexibility index (Phi) is 3.44. The Morgan fingerprint density at radius 3 is 2.86 bits per heavy atom. The summed E-state index contributed by atoms with van der Waals surface area (Å²) in [5.74, 6) is -0.0143. The van der Waals surface area contributed by atoms with Gasteiger partial charge < -0.3 is 9.88 Å². The van der Waals surface area contributed by atoms with E-state index in [-0.39, 0.29) is 5.91 Å². The van der Waals surface area contributed by atoms with Crippen molar-refractivity contribution < 1.29 is 4.79 Å². The number of benzene rings is 2. The second kappa shape index (κ2) is 5.40. The van der Waals surface area contributed by atoms with E-state index in [1.807, 2.05) is 61.0 Å². The van der Waals surface area contributed by atoms with Crippen LogP contribution >= 0.6 is 0 Å². The number of nitrogens with zero attached hydrogens (tertiary/aromatic N) is 2. The zero-order valence-corrected chi connectivity index (χ0v) is 12.1. The van der Waals surface area contributed by atoms with Crippen LogP contribution in [0.2, 0.25) is 0 Å². The summed E-state index contributed by atoms with van der Waals surface area (Å²) in [5.41, 5.74) is 4.89. The molecule has 106 valence electrons. The van der Waals surface area contributed by atoms with Gasteiger partial charge in [0, 0.05) is 12.7 Å².